The van der Waals surface area contributed by atoms with Crippen LogP contribution in [-0.2, 0) is 0 Å². The van der Waals surface area contributed by atoms with Gasteiger partial charge < -0.3 is 10.2 Å². The standard InChI is InChI=1S/C9H6N4O/c10-4-8(12)9(5-11)13-6-7-2-1-3-14-7/h1-3,6H,12H2. The van der Waals surface area contributed by atoms with Crippen LogP contribution in [0.1, 0.15) is 5.76 Å². The van der Waals surface area contributed by atoms with Crippen molar-refractivity contribution in [2.75, 3.05) is 0 Å². The summed E-state index contributed by atoms with van der Waals surface area (Å²) in [6.07, 6.45) is 2.80. The van der Waals surface area contributed by atoms with Crippen LogP contribution in [0.15, 0.2) is 39.2 Å². The summed E-state index contributed by atoms with van der Waals surface area (Å²) in [6.45, 7) is 0. The zero-order chi connectivity index (χ0) is 10.4. The highest BCUT2D eigenvalue weighted by Crippen LogP contribution is 2.01. The molecule has 0 aliphatic rings. The Labute approximate surface area is 80.4 Å². The van der Waals surface area contributed by atoms with E-state index in [1.807, 2.05) is 0 Å². The van der Waals surface area contributed by atoms with Crippen molar-refractivity contribution < 1.29 is 4.42 Å². The zero-order valence-corrected chi connectivity index (χ0v) is 7.14. The van der Waals surface area contributed by atoms with Crippen LogP contribution in [0.2, 0.25) is 0 Å². The first kappa shape index (κ1) is 9.56. The van der Waals surface area contributed by atoms with Crippen molar-refractivity contribution in [3.63, 3.8) is 0 Å². The van der Waals surface area contributed by atoms with Gasteiger partial charge in [0, 0.05) is 0 Å². The highest BCUT2D eigenvalue weighted by Gasteiger charge is 1.98. The number of aliphatic imine (C=N–C) groups is 1. The Morgan fingerprint density at radius 2 is 2.29 bits per heavy atom. The van der Waals surface area contributed by atoms with Gasteiger partial charge in [0.05, 0.1) is 12.5 Å². The predicted molar refractivity (Wildman–Crippen MR) is 48.7 cm³/mol. The molecule has 0 radical (unpaired) electrons. The van der Waals surface area contributed by atoms with Crippen LogP contribution in [0.25, 0.3) is 0 Å². The Kier molecular flexibility index (Phi) is 3.06. The molecule has 0 unspecified atom stereocenters. The Morgan fingerprint density at radius 3 is 2.79 bits per heavy atom. The number of nitrogens with zero attached hydrogens (tertiary/aromatic N) is 3. The van der Waals surface area contributed by atoms with E-state index in [-0.39, 0.29) is 11.4 Å². The van der Waals surface area contributed by atoms with E-state index in [9.17, 15) is 0 Å². The van der Waals surface area contributed by atoms with Gasteiger partial charge in [0.2, 0.25) is 0 Å². The van der Waals surface area contributed by atoms with Crippen molar-refractivity contribution in [1.82, 2.24) is 0 Å². The molecule has 0 spiro atoms. The van der Waals surface area contributed by atoms with Crippen LogP contribution in [0, 0.1) is 22.7 Å². The summed E-state index contributed by atoms with van der Waals surface area (Å²) < 4.78 is 4.94. The molecule has 0 atom stereocenters. The van der Waals surface area contributed by atoms with Crippen molar-refractivity contribution in [2.24, 2.45) is 10.7 Å². The maximum atomic E-state index is 8.57. The average molecular weight is 186 g/mol. The second-order valence-electron chi connectivity index (χ2n) is 2.26. The molecule has 0 fully saturated rings. The molecule has 0 bridgehead atoms. The lowest BCUT2D eigenvalue weighted by molar-refractivity contribution is 0.560. The number of hydrogen-bond donors (Lipinski definition) is 1. The van der Waals surface area contributed by atoms with E-state index < -0.39 is 0 Å². The average Bonchev–Trinajstić information content (AvgIpc) is 2.71. The lowest BCUT2D eigenvalue weighted by Gasteiger charge is -1.88. The molecule has 1 aromatic rings. The summed E-state index contributed by atoms with van der Waals surface area (Å²) in [5.41, 5.74) is 4.88. The van der Waals surface area contributed by atoms with Gasteiger partial charge in [0.1, 0.15) is 23.6 Å². The van der Waals surface area contributed by atoms with Gasteiger partial charge in [0.25, 0.3) is 0 Å². The Morgan fingerprint density at radius 1 is 1.50 bits per heavy atom. The molecule has 5 nitrogen and oxygen atoms in total. The maximum absolute atomic E-state index is 8.57. The number of furan rings is 1. The molecular formula is C9H6N4O. The lowest BCUT2D eigenvalue weighted by atomic mass is 10.4. The fraction of sp³-hybridized carbons (Fsp3) is 0. The highest BCUT2D eigenvalue weighted by atomic mass is 16.3. The summed E-state index contributed by atoms with van der Waals surface area (Å²) in [7, 11) is 0. The second-order valence-corrected chi connectivity index (χ2v) is 2.26. The van der Waals surface area contributed by atoms with Crippen LogP contribution in [0.5, 0.6) is 0 Å². The second kappa shape index (κ2) is 4.48. The molecule has 68 valence electrons. The summed E-state index contributed by atoms with van der Waals surface area (Å²) >= 11 is 0. The number of rotatable bonds is 2. The molecule has 2 N–H and O–H groups in total. The van der Waals surface area contributed by atoms with Crippen molar-refractivity contribution in [2.45, 2.75) is 0 Å². The Hall–Kier alpha value is -2.53. The van der Waals surface area contributed by atoms with Crippen LogP contribution >= 0.6 is 0 Å². The van der Waals surface area contributed by atoms with E-state index in [0.717, 1.165) is 0 Å². The van der Waals surface area contributed by atoms with Crippen molar-refractivity contribution in [3.8, 4) is 12.1 Å². The summed E-state index contributed by atoms with van der Waals surface area (Å²) in [5.74, 6) is 0.489. The van der Waals surface area contributed by atoms with Gasteiger partial charge >= 0.3 is 0 Å². The number of allylic oxidation sites excluding steroid dienone is 2. The van der Waals surface area contributed by atoms with E-state index in [1.165, 1.54) is 12.5 Å². The van der Waals surface area contributed by atoms with Crippen LogP contribution in [0.3, 0.4) is 0 Å². The fourth-order valence-corrected chi connectivity index (χ4v) is 0.704. The summed E-state index contributed by atoms with van der Waals surface area (Å²) in [6, 6.07) is 6.70. The molecule has 0 saturated carbocycles. The fourth-order valence-electron chi connectivity index (χ4n) is 0.704. The minimum atomic E-state index is -0.213. The molecule has 14 heavy (non-hydrogen) atoms. The number of hydrogen-bond acceptors (Lipinski definition) is 5. The van der Waals surface area contributed by atoms with Gasteiger partial charge in [0.15, 0.2) is 5.70 Å². The normalized spacial score (nSPS) is 11.9. The molecule has 0 saturated heterocycles. The summed E-state index contributed by atoms with van der Waals surface area (Å²) in [5, 5.41) is 17.0. The highest BCUT2D eigenvalue weighted by molar-refractivity contribution is 5.77. The van der Waals surface area contributed by atoms with E-state index in [2.05, 4.69) is 4.99 Å². The minimum Gasteiger partial charge on any atom is -0.463 e. The van der Waals surface area contributed by atoms with E-state index in [0.29, 0.717) is 5.76 Å². The lowest BCUT2D eigenvalue weighted by Crippen LogP contribution is -1.97. The molecule has 1 rings (SSSR count). The molecule has 0 aromatic carbocycles. The Balaban J connectivity index is 2.89. The number of nitrogens with two attached hydrogens (primary N) is 1. The van der Waals surface area contributed by atoms with Crippen LogP contribution in [-0.4, -0.2) is 6.21 Å². The topological polar surface area (TPSA) is 99.1 Å². The zero-order valence-electron chi connectivity index (χ0n) is 7.14. The minimum absolute atomic E-state index is 0.121. The molecule has 1 heterocycles. The van der Waals surface area contributed by atoms with Gasteiger partial charge in [-0.15, -0.1) is 0 Å². The van der Waals surface area contributed by atoms with E-state index >= 15 is 0 Å². The Bertz CT molecular complexity index is 442. The van der Waals surface area contributed by atoms with Crippen LogP contribution < -0.4 is 5.73 Å². The van der Waals surface area contributed by atoms with Gasteiger partial charge in [-0.25, -0.2) is 4.99 Å². The third-order valence-electron chi connectivity index (χ3n) is 1.35. The van der Waals surface area contributed by atoms with E-state index in [1.54, 1.807) is 24.3 Å². The molecule has 0 amide bonds. The number of nitriles is 2. The first-order valence-electron chi connectivity index (χ1n) is 3.65. The van der Waals surface area contributed by atoms with Crippen LogP contribution in [0.4, 0.5) is 0 Å². The predicted octanol–water partition coefficient (Wildman–Crippen LogP) is 0.916. The molecule has 0 aliphatic carbocycles. The molecule has 0 aliphatic heterocycles. The molecular weight excluding hydrogens is 180 g/mol. The summed E-state index contributed by atoms with van der Waals surface area (Å²) in [4.78, 5) is 3.71. The van der Waals surface area contributed by atoms with Crippen molar-refractivity contribution >= 4 is 6.21 Å². The first-order chi connectivity index (χ1) is 6.77. The third-order valence-corrected chi connectivity index (χ3v) is 1.35. The van der Waals surface area contributed by atoms with Gasteiger partial charge in [-0.05, 0) is 12.1 Å². The SMILES string of the molecule is N#CC(N)=C(C#N)N=Cc1ccco1. The maximum Gasteiger partial charge on any atom is 0.174 e. The van der Waals surface area contributed by atoms with E-state index in [4.69, 9.17) is 20.7 Å². The molecule has 1 aromatic heterocycles. The van der Waals surface area contributed by atoms with Crippen molar-refractivity contribution in [3.05, 3.63) is 35.6 Å². The first-order valence-corrected chi connectivity index (χ1v) is 3.65. The smallest absolute Gasteiger partial charge is 0.174 e. The monoisotopic (exact) mass is 186 g/mol. The third kappa shape index (κ3) is 2.23. The van der Waals surface area contributed by atoms with Crippen molar-refractivity contribution in [1.29, 1.82) is 10.5 Å². The molecule has 5 heteroatoms. The van der Waals surface area contributed by atoms with Gasteiger partial charge in [-0.3, -0.25) is 0 Å². The van der Waals surface area contributed by atoms with Gasteiger partial charge in [-0.1, -0.05) is 0 Å². The van der Waals surface area contributed by atoms with Gasteiger partial charge in [-0.2, -0.15) is 10.5 Å². The quantitative estimate of drug-likeness (QED) is 0.548. The largest absolute Gasteiger partial charge is 0.463 e.